The Kier molecular flexibility index (Phi) is 3.96. The number of ketones is 1. The second-order valence-electron chi connectivity index (χ2n) is 6.41. The molecule has 1 aromatic carbocycles. The minimum Gasteiger partial charge on any atom is -0.481 e. The van der Waals surface area contributed by atoms with Crippen LogP contribution in [0.5, 0.6) is 0 Å². The van der Waals surface area contributed by atoms with Crippen LogP contribution in [-0.4, -0.2) is 26.4 Å². The number of hydrogen-bond donors (Lipinski definition) is 1. The zero-order valence-corrected chi connectivity index (χ0v) is 14.8. The molecule has 1 N–H and O–H groups in total. The molecular weight excluding hydrogens is 352 g/mol. The molecule has 0 spiro atoms. The largest absolute Gasteiger partial charge is 0.481 e. The molecule has 7 heteroatoms. The Morgan fingerprint density at radius 1 is 1.31 bits per heavy atom. The van der Waals surface area contributed by atoms with Crippen LogP contribution in [0.4, 0.5) is 0 Å². The van der Waals surface area contributed by atoms with Gasteiger partial charge in [0.25, 0.3) is 5.56 Å². The molecule has 0 aliphatic heterocycles. The summed E-state index contributed by atoms with van der Waals surface area (Å²) in [6.07, 6.45) is 2.53. The predicted octanol–water partition coefficient (Wildman–Crippen LogP) is 3.02. The maximum Gasteiger partial charge on any atom is 0.311 e. The zero-order chi connectivity index (χ0) is 18.4. The third-order valence-electron chi connectivity index (χ3n) is 4.91. The molecule has 2 aromatic heterocycles. The van der Waals surface area contributed by atoms with E-state index in [0.717, 1.165) is 4.88 Å². The number of rotatable bonds is 4. The second-order valence-corrected chi connectivity index (χ2v) is 7.50. The molecule has 6 nitrogen and oxygen atoms in total. The first-order valence-electron chi connectivity index (χ1n) is 8.33. The normalized spacial score (nSPS) is 17.2. The predicted molar refractivity (Wildman–Crippen MR) is 98.1 cm³/mol. The highest BCUT2D eigenvalue weighted by Crippen LogP contribution is 2.42. The van der Waals surface area contributed by atoms with Gasteiger partial charge >= 0.3 is 5.97 Å². The summed E-state index contributed by atoms with van der Waals surface area (Å²) in [4.78, 5) is 43.1. The van der Waals surface area contributed by atoms with E-state index in [1.165, 1.54) is 22.2 Å². The van der Waals surface area contributed by atoms with E-state index in [-0.39, 0.29) is 11.3 Å². The number of aliphatic carboxylic acids is 1. The first kappa shape index (κ1) is 16.7. The average Bonchev–Trinajstić information content (AvgIpc) is 3.20. The number of carbonyl (C=O) groups is 2. The van der Waals surface area contributed by atoms with Crippen molar-refractivity contribution in [2.75, 3.05) is 0 Å². The van der Waals surface area contributed by atoms with Crippen LogP contribution in [-0.2, 0) is 11.2 Å². The molecule has 0 amide bonds. The fraction of sp³-hybridized carbons (Fsp3) is 0.263. The minimum absolute atomic E-state index is 0.185. The van der Waals surface area contributed by atoms with E-state index in [9.17, 15) is 19.5 Å². The number of nitrogens with zero attached hydrogens (tertiary/aromatic N) is 2. The van der Waals surface area contributed by atoms with E-state index < -0.39 is 17.9 Å². The molecule has 26 heavy (non-hydrogen) atoms. The standard InChI is InChI=1S/C19H16N2O4S/c1-10(16(22)11-5-3-2-4-6-11)21-9-20-17-15(18(21)23)14-12(19(24)25)7-8-13(14)26-17/h2-6,9-10,12H,7-8H2,1H3,(H,24,25). The molecule has 0 fully saturated rings. The fourth-order valence-corrected chi connectivity index (χ4v) is 4.74. The van der Waals surface area contributed by atoms with Crippen LogP contribution in [0.25, 0.3) is 10.2 Å². The highest BCUT2D eigenvalue weighted by atomic mass is 32.1. The Labute approximate surface area is 152 Å². The maximum absolute atomic E-state index is 13.1. The van der Waals surface area contributed by atoms with Gasteiger partial charge in [-0.2, -0.15) is 0 Å². The summed E-state index contributed by atoms with van der Waals surface area (Å²) >= 11 is 1.37. The van der Waals surface area contributed by atoms with Crippen molar-refractivity contribution in [2.24, 2.45) is 0 Å². The molecule has 0 saturated heterocycles. The Bertz CT molecular complexity index is 1080. The summed E-state index contributed by atoms with van der Waals surface area (Å²) in [7, 11) is 0. The van der Waals surface area contributed by atoms with E-state index in [4.69, 9.17) is 0 Å². The van der Waals surface area contributed by atoms with Gasteiger partial charge in [0.05, 0.1) is 23.7 Å². The number of fused-ring (bicyclic) bond motifs is 3. The van der Waals surface area contributed by atoms with Crippen LogP contribution in [0.3, 0.4) is 0 Å². The monoisotopic (exact) mass is 368 g/mol. The van der Waals surface area contributed by atoms with Gasteiger partial charge in [-0.25, -0.2) is 4.98 Å². The minimum atomic E-state index is -0.924. The molecule has 0 bridgehead atoms. The second kappa shape index (κ2) is 6.17. The lowest BCUT2D eigenvalue weighted by atomic mass is 10.0. The smallest absolute Gasteiger partial charge is 0.311 e. The number of hydrogen-bond acceptors (Lipinski definition) is 5. The topological polar surface area (TPSA) is 89.3 Å². The number of aryl methyl sites for hydroxylation is 1. The van der Waals surface area contributed by atoms with Crippen molar-refractivity contribution in [1.82, 2.24) is 9.55 Å². The first-order chi connectivity index (χ1) is 12.5. The lowest BCUT2D eigenvalue weighted by Gasteiger charge is -2.14. The van der Waals surface area contributed by atoms with Gasteiger partial charge in [-0.15, -0.1) is 11.3 Å². The van der Waals surface area contributed by atoms with Crippen molar-refractivity contribution >= 4 is 33.3 Å². The number of benzene rings is 1. The lowest BCUT2D eigenvalue weighted by molar-refractivity contribution is -0.138. The van der Waals surface area contributed by atoms with E-state index in [1.54, 1.807) is 31.2 Å². The SMILES string of the molecule is CC(C(=O)c1ccccc1)n1cnc2sc3c(c2c1=O)C(C(=O)O)CC3. The van der Waals surface area contributed by atoms with Gasteiger partial charge in [-0.1, -0.05) is 30.3 Å². The van der Waals surface area contributed by atoms with Gasteiger partial charge < -0.3 is 5.11 Å². The number of thiophene rings is 1. The molecular formula is C19H16N2O4S. The molecule has 2 heterocycles. The number of Topliss-reactive ketones (excluding diaryl/α,β-unsaturated/α-hetero) is 1. The number of carboxylic acids is 1. The molecule has 3 aromatic rings. The van der Waals surface area contributed by atoms with Crippen molar-refractivity contribution in [3.05, 3.63) is 63.0 Å². The average molecular weight is 368 g/mol. The third kappa shape index (κ3) is 2.47. The highest BCUT2D eigenvalue weighted by molar-refractivity contribution is 7.18. The van der Waals surface area contributed by atoms with Crippen molar-refractivity contribution < 1.29 is 14.7 Å². The molecule has 4 rings (SSSR count). The summed E-state index contributed by atoms with van der Waals surface area (Å²) < 4.78 is 1.31. The molecule has 0 radical (unpaired) electrons. The van der Waals surface area contributed by atoms with E-state index in [2.05, 4.69) is 4.98 Å². The van der Waals surface area contributed by atoms with Gasteiger partial charge in [-0.3, -0.25) is 19.0 Å². The summed E-state index contributed by atoms with van der Waals surface area (Å²) in [6.45, 7) is 1.66. The molecule has 132 valence electrons. The van der Waals surface area contributed by atoms with Gasteiger partial charge in [0.2, 0.25) is 0 Å². The molecule has 1 aliphatic rings. The lowest BCUT2D eigenvalue weighted by Crippen LogP contribution is -2.29. The van der Waals surface area contributed by atoms with Crippen molar-refractivity contribution in [1.29, 1.82) is 0 Å². The first-order valence-corrected chi connectivity index (χ1v) is 9.15. The van der Waals surface area contributed by atoms with E-state index >= 15 is 0 Å². The van der Waals surface area contributed by atoms with Crippen LogP contribution in [0, 0.1) is 0 Å². The van der Waals surface area contributed by atoms with Crippen molar-refractivity contribution in [3.8, 4) is 0 Å². The number of carbonyl (C=O) groups excluding carboxylic acids is 1. The quantitative estimate of drug-likeness (QED) is 0.715. The number of carboxylic acid groups (broad SMARTS) is 1. The summed E-state index contributed by atoms with van der Waals surface area (Å²) in [5, 5.41) is 9.82. The van der Waals surface area contributed by atoms with Crippen LogP contribution in [0.1, 0.15) is 46.1 Å². The molecule has 1 aliphatic carbocycles. The fourth-order valence-electron chi connectivity index (χ4n) is 3.54. The Morgan fingerprint density at radius 2 is 2.04 bits per heavy atom. The molecule has 0 saturated carbocycles. The Hall–Kier alpha value is -2.80. The van der Waals surface area contributed by atoms with Crippen molar-refractivity contribution in [2.45, 2.75) is 31.7 Å². The summed E-state index contributed by atoms with van der Waals surface area (Å²) in [6, 6.07) is 8.06. The highest BCUT2D eigenvalue weighted by Gasteiger charge is 2.34. The molecule has 2 atom stereocenters. The zero-order valence-electron chi connectivity index (χ0n) is 14.0. The van der Waals surface area contributed by atoms with Crippen molar-refractivity contribution in [3.63, 3.8) is 0 Å². The van der Waals surface area contributed by atoms with Crippen LogP contribution < -0.4 is 5.56 Å². The van der Waals surface area contributed by atoms with Gasteiger partial charge in [0.15, 0.2) is 5.78 Å². The van der Waals surface area contributed by atoms with E-state index in [1.807, 2.05) is 6.07 Å². The molecule has 2 unspecified atom stereocenters. The Balaban J connectivity index is 1.84. The van der Waals surface area contributed by atoms with Gasteiger partial charge in [-0.05, 0) is 25.3 Å². The Morgan fingerprint density at radius 3 is 2.73 bits per heavy atom. The van der Waals surface area contributed by atoms with E-state index in [0.29, 0.717) is 34.2 Å². The maximum atomic E-state index is 13.1. The third-order valence-corrected chi connectivity index (χ3v) is 6.09. The van der Waals surface area contributed by atoms with Crippen LogP contribution in [0.2, 0.25) is 0 Å². The summed E-state index contributed by atoms with van der Waals surface area (Å²) in [5.41, 5.74) is 0.757. The van der Waals surface area contributed by atoms with Gasteiger partial charge in [0.1, 0.15) is 4.83 Å². The summed E-state index contributed by atoms with van der Waals surface area (Å²) in [5.74, 6) is -1.79. The number of aromatic nitrogens is 2. The van der Waals surface area contributed by atoms with Crippen LogP contribution >= 0.6 is 11.3 Å². The van der Waals surface area contributed by atoms with Crippen LogP contribution in [0.15, 0.2) is 41.5 Å². The van der Waals surface area contributed by atoms with Gasteiger partial charge in [0, 0.05) is 10.4 Å².